The van der Waals surface area contributed by atoms with Crippen molar-refractivity contribution in [2.75, 3.05) is 16.8 Å². The highest BCUT2D eigenvalue weighted by atomic mass is 32.2. The van der Waals surface area contributed by atoms with Gasteiger partial charge in [0.2, 0.25) is 0 Å². The molecule has 1 aromatic rings. The van der Waals surface area contributed by atoms with Crippen molar-refractivity contribution in [3.8, 4) is 0 Å². The molecule has 0 spiro atoms. The van der Waals surface area contributed by atoms with E-state index in [0.29, 0.717) is 0 Å². The minimum Gasteiger partial charge on any atom is -0.391 e. The lowest BCUT2D eigenvalue weighted by molar-refractivity contribution is 0.151. The van der Waals surface area contributed by atoms with Gasteiger partial charge >= 0.3 is 0 Å². The zero-order valence-electron chi connectivity index (χ0n) is 9.65. The molecule has 16 heavy (non-hydrogen) atoms. The Morgan fingerprint density at radius 1 is 1.50 bits per heavy atom. The second kappa shape index (κ2) is 5.60. The van der Waals surface area contributed by atoms with Crippen molar-refractivity contribution in [1.29, 1.82) is 0 Å². The van der Waals surface area contributed by atoms with E-state index < -0.39 is 0 Å². The molecular weight excluding hydrogens is 218 g/mol. The zero-order chi connectivity index (χ0) is 11.4. The summed E-state index contributed by atoms with van der Waals surface area (Å²) < 4.78 is 0. The number of para-hydroxylation sites is 1. The molecule has 0 aromatic heterocycles. The van der Waals surface area contributed by atoms with Gasteiger partial charge in [0, 0.05) is 5.69 Å². The van der Waals surface area contributed by atoms with Crippen LogP contribution in [0, 0.1) is 0 Å². The normalized spacial score (nSPS) is 20.2. The standard InChI is InChI=1S/C13H19NOS/c1-2-16-8-7-13(15)12-9-10-5-3-4-6-11(10)14-12/h3-6,12-15H,2,7-9H2,1H3. The lowest BCUT2D eigenvalue weighted by atomic mass is 10.0. The molecule has 88 valence electrons. The molecule has 1 heterocycles. The predicted molar refractivity (Wildman–Crippen MR) is 71.2 cm³/mol. The van der Waals surface area contributed by atoms with Crippen molar-refractivity contribution in [3.05, 3.63) is 29.8 Å². The lowest BCUT2D eigenvalue weighted by Gasteiger charge is -2.18. The average molecular weight is 237 g/mol. The number of hydrogen-bond donors (Lipinski definition) is 2. The van der Waals surface area contributed by atoms with Gasteiger partial charge in [0.1, 0.15) is 0 Å². The van der Waals surface area contributed by atoms with Crippen LogP contribution in [0.15, 0.2) is 24.3 Å². The number of fused-ring (bicyclic) bond motifs is 1. The highest BCUT2D eigenvalue weighted by Crippen LogP contribution is 2.27. The Hall–Kier alpha value is -0.670. The molecule has 0 bridgehead atoms. The second-order valence-electron chi connectivity index (χ2n) is 4.17. The number of rotatable bonds is 5. The highest BCUT2D eigenvalue weighted by molar-refractivity contribution is 7.99. The van der Waals surface area contributed by atoms with Crippen molar-refractivity contribution in [2.45, 2.75) is 31.9 Å². The zero-order valence-corrected chi connectivity index (χ0v) is 10.5. The van der Waals surface area contributed by atoms with Crippen LogP contribution in [0.5, 0.6) is 0 Å². The van der Waals surface area contributed by atoms with E-state index in [1.54, 1.807) is 0 Å². The summed E-state index contributed by atoms with van der Waals surface area (Å²) in [6, 6.07) is 8.52. The Morgan fingerprint density at radius 3 is 3.06 bits per heavy atom. The van der Waals surface area contributed by atoms with E-state index in [1.807, 2.05) is 17.8 Å². The summed E-state index contributed by atoms with van der Waals surface area (Å²) >= 11 is 1.89. The molecule has 1 aromatic carbocycles. The Labute approximate surface area is 101 Å². The van der Waals surface area contributed by atoms with Gasteiger partial charge in [-0.25, -0.2) is 0 Å². The number of aliphatic hydroxyl groups is 1. The van der Waals surface area contributed by atoms with E-state index in [1.165, 1.54) is 11.3 Å². The number of thioether (sulfide) groups is 1. The molecule has 0 saturated heterocycles. The van der Waals surface area contributed by atoms with Crippen LogP contribution >= 0.6 is 11.8 Å². The lowest BCUT2D eigenvalue weighted by Crippen LogP contribution is -2.32. The van der Waals surface area contributed by atoms with Crippen LogP contribution in [0.1, 0.15) is 18.9 Å². The van der Waals surface area contributed by atoms with Crippen molar-refractivity contribution >= 4 is 17.4 Å². The smallest absolute Gasteiger partial charge is 0.0752 e. The van der Waals surface area contributed by atoms with Crippen LogP contribution in [-0.2, 0) is 6.42 Å². The predicted octanol–water partition coefficient (Wildman–Crippen LogP) is 2.53. The molecule has 2 nitrogen and oxygen atoms in total. The van der Waals surface area contributed by atoms with E-state index in [0.717, 1.165) is 24.3 Å². The first kappa shape index (κ1) is 11.8. The van der Waals surface area contributed by atoms with Crippen LogP contribution < -0.4 is 5.32 Å². The summed E-state index contributed by atoms with van der Waals surface area (Å²) in [7, 11) is 0. The molecule has 0 fully saturated rings. The molecule has 2 atom stereocenters. The van der Waals surface area contributed by atoms with E-state index in [-0.39, 0.29) is 12.1 Å². The fourth-order valence-corrected chi connectivity index (χ4v) is 2.81. The fourth-order valence-electron chi connectivity index (χ4n) is 2.11. The third-order valence-electron chi connectivity index (χ3n) is 3.02. The first-order valence-electron chi connectivity index (χ1n) is 5.91. The molecule has 1 aliphatic rings. The van der Waals surface area contributed by atoms with Gasteiger partial charge in [0.05, 0.1) is 12.1 Å². The second-order valence-corrected chi connectivity index (χ2v) is 5.56. The first-order chi connectivity index (χ1) is 7.81. The van der Waals surface area contributed by atoms with Crippen LogP contribution in [0.25, 0.3) is 0 Å². The Bertz CT molecular complexity index is 317. The minimum absolute atomic E-state index is 0.204. The van der Waals surface area contributed by atoms with Gasteiger partial charge in [-0.1, -0.05) is 25.1 Å². The topological polar surface area (TPSA) is 32.3 Å². The van der Waals surface area contributed by atoms with Crippen LogP contribution in [0.4, 0.5) is 5.69 Å². The van der Waals surface area contributed by atoms with E-state index in [4.69, 9.17) is 0 Å². The number of aliphatic hydroxyl groups excluding tert-OH is 1. The van der Waals surface area contributed by atoms with Crippen LogP contribution in [0.2, 0.25) is 0 Å². The van der Waals surface area contributed by atoms with Crippen LogP contribution in [-0.4, -0.2) is 28.8 Å². The summed E-state index contributed by atoms with van der Waals surface area (Å²) in [6.07, 6.45) is 1.60. The first-order valence-corrected chi connectivity index (χ1v) is 7.07. The van der Waals surface area contributed by atoms with Gasteiger partial charge < -0.3 is 10.4 Å². The number of anilines is 1. The molecule has 0 amide bonds. The summed E-state index contributed by atoms with van der Waals surface area (Å²) in [6.45, 7) is 2.15. The number of hydrogen-bond acceptors (Lipinski definition) is 3. The molecule has 0 aliphatic carbocycles. The maximum absolute atomic E-state index is 10.1. The van der Waals surface area contributed by atoms with Crippen LogP contribution in [0.3, 0.4) is 0 Å². The minimum atomic E-state index is -0.230. The molecule has 0 saturated carbocycles. The van der Waals surface area contributed by atoms with Crippen molar-refractivity contribution in [2.24, 2.45) is 0 Å². The molecule has 0 radical (unpaired) electrons. The van der Waals surface area contributed by atoms with Gasteiger partial charge in [0.25, 0.3) is 0 Å². The Morgan fingerprint density at radius 2 is 2.31 bits per heavy atom. The molecular formula is C13H19NOS. The highest BCUT2D eigenvalue weighted by Gasteiger charge is 2.25. The summed E-state index contributed by atoms with van der Waals surface area (Å²) in [4.78, 5) is 0. The quantitative estimate of drug-likeness (QED) is 0.772. The van der Waals surface area contributed by atoms with Gasteiger partial charge in [-0.15, -0.1) is 0 Å². The Kier molecular flexibility index (Phi) is 4.13. The largest absolute Gasteiger partial charge is 0.391 e. The molecule has 2 unspecified atom stereocenters. The summed E-state index contributed by atoms with van der Waals surface area (Å²) in [5.41, 5.74) is 2.52. The monoisotopic (exact) mass is 237 g/mol. The molecule has 3 heteroatoms. The van der Waals surface area contributed by atoms with E-state index in [2.05, 4.69) is 30.4 Å². The Balaban J connectivity index is 1.86. The maximum Gasteiger partial charge on any atom is 0.0752 e. The molecule has 2 rings (SSSR count). The third-order valence-corrected chi connectivity index (χ3v) is 3.96. The van der Waals surface area contributed by atoms with Gasteiger partial charge in [-0.05, 0) is 36.0 Å². The third kappa shape index (κ3) is 2.71. The van der Waals surface area contributed by atoms with Crippen molar-refractivity contribution in [3.63, 3.8) is 0 Å². The summed E-state index contributed by atoms with van der Waals surface area (Å²) in [5, 5.41) is 13.5. The molecule has 1 aliphatic heterocycles. The van der Waals surface area contributed by atoms with E-state index >= 15 is 0 Å². The van der Waals surface area contributed by atoms with Gasteiger partial charge in [-0.3, -0.25) is 0 Å². The number of benzene rings is 1. The SMILES string of the molecule is CCSCCC(O)C1Cc2ccccc2N1. The van der Waals surface area contributed by atoms with Crippen molar-refractivity contribution in [1.82, 2.24) is 0 Å². The van der Waals surface area contributed by atoms with Gasteiger partial charge in [0.15, 0.2) is 0 Å². The maximum atomic E-state index is 10.1. The fraction of sp³-hybridized carbons (Fsp3) is 0.538. The molecule has 2 N–H and O–H groups in total. The average Bonchev–Trinajstić information content (AvgIpc) is 2.73. The van der Waals surface area contributed by atoms with Gasteiger partial charge in [-0.2, -0.15) is 11.8 Å². The van der Waals surface area contributed by atoms with Crippen molar-refractivity contribution < 1.29 is 5.11 Å². The van der Waals surface area contributed by atoms with E-state index in [9.17, 15) is 5.11 Å². The number of nitrogens with one attached hydrogen (secondary N) is 1. The summed E-state index contributed by atoms with van der Waals surface area (Å²) in [5.74, 6) is 2.18.